The fraction of sp³-hybridized carbons (Fsp3) is 0.0909. The Bertz CT molecular complexity index is 532. The molecule has 0 aliphatic carbocycles. The number of benzene rings is 1. The molecule has 0 amide bonds. The molecular weight excluding hydrogens is 208 g/mol. The van der Waals surface area contributed by atoms with Gasteiger partial charge in [-0.05, 0) is 0 Å². The topological polar surface area (TPSA) is 75.3 Å². The smallest absolute Gasteiger partial charge is 0.358 e. The van der Waals surface area contributed by atoms with E-state index in [9.17, 15) is 9.90 Å². The monoisotopic (exact) mass is 218 g/mol. The SMILES string of the molecule is Cn1nc(-c2ccccc2)c(O)c1C(=O)O. The summed E-state index contributed by atoms with van der Waals surface area (Å²) in [7, 11) is 1.48. The number of hydrogen-bond donors (Lipinski definition) is 2. The Kier molecular flexibility index (Phi) is 2.36. The molecule has 1 aromatic carbocycles. The van der Waals surface area contributed by atoms with Crippen LogP contribution in [0.4, 0.5) is 0 Å². The van der Waals surface area contributed by atoms with Crippen LogP contribution in [0, 0.1) is 0 Å². The second kappa shape index (κ2) is 3.69. The van der Waals surface area contributed by atoms with Crippen molar-refractivity contribution in [3.8, 4) is 17.0 Å². The quantitative estimate of drug-likeness (QED) is 0.800. The molecule has 0 radical (unpaired) electrons. The molecule has 82 valence electrons. The van der Waals surface area contributed by atoms with Gasteiger partial charge in [0.25, 0.3) is 0 Å². The summed E-state index contributed by atoms with van der Waals surface area (Å²) in [4.78, 5) is 10.9. The van der Waals surface area contributed by atoms with Gasteiger partial charge in [-0.1, -0.05) is 30.3 Å². The van der Waals surface area contributed by atoms with Crippen molar-refractivity contribution >= 4 is 5.97 Å². The van der Waals surface area contributed by atoms with Gasteiger partial charge in [-0.25, -0.2) is 4.79 Å². The molecule has 0 saturated heterocycles. The zero-order valence-electron chi connectivity index (χ0n) is 8.58. The summed E-state index contributed by atoms with van der Waals surface area (Å²) in [5, 5.41) is 22.6. The van der Waals surface area contributed by atoms with Gasteiger partial charge in [0.1, 0.15) is 5.69 Å². The Hall–Kier alpha value is -2.30. The number of nitrogens with zero attached hydrogens (tertiary/aromatic N) is 2. The molecule has 1 aromatic heterocycles. The zero-order valence-corrected chi connectivity index (χ0v) is 8.58. The van der Waals surface area contributed by atoms with Crippen LogP contribution < -0.4 is 0 Å². The highest BCUT2D eigenvalue weighted by Gasteiger charge is 2.21. The second-order valence-electron chi connectivity index (χ2n) is 3.34. The summed E-state index contributed by atoms with van der Waals surface area (Å²) in [6.07, 6.45) is 0. The molecule has 2 N–H and O–H groups in total. The van der Waals surface area contributed by atoms with E-state index in [1.54, 1.807) is 24.3 Å². The number of rotatable bonds is 2. The van der Waals surface area contributed by atoms with Gasteiger partial charge >= 0.3 is 5.97 Å². The molecule has 0 saturated carbocycles. The second-order valence-corrected chi connectivity index (χ2v) is 3.34. The first-order valence-corrected chi connectivity index (χ1v) is 4.66. The Balaban J connectivity index is 2.61. The Morgan fingerprint density at radius 2 is 1.94 bits per heavy atom. The van der Waals surface area contributed by atoms with E-state index < -0.39 is 5.97 Å². The molecule has 0 bridgehead atoms. The molecular formula is C11H10N2O3. The maximum absolute atomic E-state index is 10.9. The van der Waals surface area contributed by atoms with Crippen LogP contribution in [0.1, 0.15) is 10.5 Å². The molecule has 0 unspecified atom stereocenters. The number of carbonyl (C=O) groups is 1. The molecule has 0 spiro atoms. The summed E-state index contributed by atoms with van der Waals surface area (Å²) in [6.45, 7) is 0. The Morgan fingerprint density at radius 3 is 2.44 bits per heavy atom. The van der Waals surface area contributed by atoms with Crippen LogP contribution >= 0.6 is 0 Å². The molecule has 16 heavy (non-hydrogen) atoms. The highest BCUT2D eigenvalue weighted by molar-refractivity contribution is 5.91. The van der Waals surface area contributed by atoms with Crippen molar-refractivity contribution in [3.63, 3.8) is 0 Å². The molecule has 2 aromatic rings. The number of aromatic nitrogens is 2. The third-order valence-corrected chi connectivity index (χ3v) is 2.27. The van der Waals surface area contributed by atoms with Gasteiger partial charge in [-0.15, -0.1) is 0 Å². The van der Waals surface area contributed by atoms with E-state index >= 15 is 0 Å². The van der Waals surface area contributed by atoms with Gasteiger partial charge in [0.2, 0.25) is 0 Å². The molecule has 0 atom stereocenters. The lowest BCUT2D eigenvalue weighted by atomic mass is 10.1. The normalized spacial score (nSPS) is 10.3. The van der Waals surface area contributed by atoms with E-state index in [0.717, 1.165) is 4.68 Å². The molecule has 1 heterocycles. The van der Waals surface area contributed by atoms with E-state index in [0.29, 0.717) is 5.56 Å². The van der Waals surface area contributed by atoms with Crippen molar-refractivity contribution in [1.82, 2.24) is 9.78 Å². The Labute approximate surface area is 91.6 Å². The Morgan fingerprint density at radius 1 is 1.31 bits per heavy atom. The number of aryl methyl sites for hydroxylation is 1. The van der Waals surface area contributed by atoms with Crippen LogP contribution in [0.15, 0.2) is 30.3 Å². The fourth-order valence-electron chi connectivity index (χ4n) is 1.54. The maximum Gasteiger partial charge on any atom is 0.358 e. The molecule has 2 rings (SSSR count). The van der Waals surface area contributed by atoms with Crippen molar-refractivity contribution in [1.29, 1.82) is 0 Å². The third kappa shape index (κ3) is 1.52. The van der Waals surface area contributed by atoms with E-state index in [1.807, 2.05) is 6.07 Å². The fourth-order valence-corrected chi connectivity index (χ4v) is 1.54. The minimum absolute atomic E-state index is 0.209. The van der Waals surface area contributed by atoms with Gasteiger partial charge in [0.05, 0.1) is 0 Å². The summed E-state index contributed by atoms with van der Waals surface area (Å²) >= 11 is 0. The molecule has 0 fully saturated rings. The third-order valence-electron chi connectivity index (χ3n) is 2.27. The van der Waals surface area contributed by atoms with Gasteiger partial charge in [0, 0.05) is 12.6 Å². The number of aromatic hydroxyl groups is 1. The summed E-state index contributed by atoms with van der Waals surface area (Å²) < 4.78 is 1.15. The average Bonchev–Trinajstić information content (AvgIpc) is 2.55. The number of carboxylic acid groups (broad SMARTS) is 1. The lowest BCUT2D eigenvalue weighted by molar-refractivity contribution is 0.0681. The summed E-state index contributed by atoms with van der Waals surface area (Å²) in [5.41, 5.74) is 0.752. The first-order valence-electron chi connectivity index (χ1n) is 4.66. The predicted molar refractivity (Wildman–Crippen MR) is 57.3 cm³/mol. The van der Waals surface area contributed by atoms with Gasteiger partial charge in [0.15, 0.2) is 11.4 Å². The maximum atomic E-state index is 10.9. The highest BCUT2D eigenvalue weighted by atomic mass is 16.4. The van der Waals surface area contributed by atoms with Crippen molar-refractivity contribution in [2.24, 2.45) is 7.05 Å². The van der Waals surface area contributed by atoms with E-state index in [1.165, 1.54) is 7.05 Å². The van der Waals surface area contributed by atoms with E-state index in [4.69, 9.17) is 5.11 Å². The first kappa shape index (κ1) is 10.2. The largest absolute Gasteiger partial charge is 0.504 e. The first-order chi connectivity index (χ1) is 7.61. The van der Waals surface area contributed by atoms with Crippen molar-refractivity contribution in [3.05, 3.63) is 36.0 Å². The van der Waals surface area contributed by atoms with Crippen LogP contribution in [-0.4, -0.2) is 26.0 Å². The van der Waals surface area contributed by atoms with Crippen molar-refractivity contribution in [2.75, 3.05) is 0 Å². The molecule has 0 aliphatic rings. The summed E-state index contributed by atoms with van der Waals surface area (Å²) in [6, 6.07) is 8.94. The van der Waals surface area contributed by atoms with Crippen LogP contribution in [0.25, 0.3) is 11.3 Å². The molecule has 5 nitrogen and oxygen atoms in total. The number of carboxylic acids is 1. The van der Waals surface area contributed by atoms with Gasteiger partial charge in [-0.3, -0.25) is 4.68 Å². The predicted octanol–water partition coefficient (Wildman–Crippen LogP) is 1.49. The standard InChI is InChI=1S/C11H10N2O3/c1-13-9(11(15)16)10(14)8(12-13)7-5-3-2-4-6-7/h2-6,14H,1H3,(H,15,16). The average molecular weight is 218 g/mol. The van der Waals surface area contributed by atoms with Crippen LogP contribution in [0.2, 0.25) is 0 Å². The van der Waals surface area contributed by atoms with E-state index in [2.05, 4.69) is 5.10 Å². The molecule has 0 aliphatic heterocycles. The van der Waals surface area contributed by atoms with Crippen LogP contribution in [0.5, 0.6) is 5.75 Å². The molecule has 5 heteroatoms. The van der Waals surface area contributed by atoms with Gasteiger partial charge < -0.3 is 10.2 Å². The minimum atomic E-state index is -1.20. The van der Waals surface area contributed by atoms with Crippen LogP contribution in [0.3, 0.4) is 0 Å². The highest BCUT2D eigenvalue weighted by Crippen LogP contribution is 2.30. The van der Waals surface area contributed by atoms with Gasteiger partial charge in [-0.2, -0.15) is 5.10 Å². The number of hydrogen-bond acceptors (Lipinski definition) is 3. The van der Waals surface area contributed by atoms with Crippen molar-refractivity contribution < 1.29 is 15.0 Å². The summed E-state index contributed by atoms with van der Waals surface area (Å²) in [5.74, 6) is -1.50. The van der Waals surface area contributed by atoms with Crippen LogP contribution in [-0.2, 0) is 7.05 Å². The minimum Gasteiger partial charge on any atom is -0.504 e. The van der Waals surface area contributed by atoms with Crippen molar-refractivity contribution in [2.45, 2.75) is 0 Å². The lowest BCUT2D eigenvalue weighted by Crippen LogP contribution is -2.05. The lowest BCUT2D eigenvalue weighted by Gasteiger charge is -1.96. The number of aromatic carboxylic acids is 1. The zero-order chi connectivity index (χ0) is 11.7. The van der Waals surface area contributed by atoms with E-state index in [-0.39, 0.29) is 17.1 Å².